The lowest BCUT2D eigenvalue weighted by Gasteiger charge is -2.02. The van der Waals surface area contributed by atoms with Crippen molar-refractivity contribution >= 4 is 57.6 Å². The second-order valence-corrected chi connectivity index (χ2v) is 8.29. The van der Waals surface area contributed by atoms with Crippen molar-refractivity contribution in [2.45, 2.75) is 19.4 Å². The number of nitrogens with zero attached hydrogens (tertiary/aromatic N) is 1. The molecule has 0 saturated carbocycles. The van der Waals surface area contributed by atoms with E-state index in [4.69, 9.17) is 27.9 Å². The fourth-order valence-electron chi connectivity index (χ4n) is 2.16. The van der Waals surface area contributed by atoms with Crippen molar-refractivity contribution in [1.82, 2.24) is 4.98 Å². The first-order valence-electron chi connectivity index (χ1n) is 7.66. The van der Waals surface area contributed by atoms with E-state index in [1.54, 1.807) is 18.2 Å². The van der Waals surface area contributed by atoms with Gasteiger partial charge in [0.05, 0.1) is 26.4 Å². The Labute approximate surface area is 168 Å². The summed E-state index contributed by atoms with van der Waals surface area (Å²) < 4.78 is 5.75. The number of carbonyl (C=O) groups is 2. The van der Waals surface area contributed by atoms with E-state index < -0.39 is 5.97 Å². The Bertz CT molecular complexity index is 936. The number of esters is 1. The molecular weight excluding hydrogens is 413 g/mol. The molecule has 4 nitrogen and oxygen atoms in total. The SMILES string of the molecule is O=C(CCC(=O)c1ccc(Cl)s1)OCc1csc(-c2ccccc2Cl)n1. The van der Waals surface area contributed by atoms with Gasteiger partial charge >= 0.3 is 5.97 Å². The Morgan fingerprint density at radius 1 is 1.08 bits per heavy atom. The predicted molar refractivity (Wildman–Crippen MR) is 105 cm³/mol. The van der Waals surface area contributed by atoms with Crippen LogP contribution in [0.25, 0.3) is 10.6 Å². The van der Waals surface area contributed by atoms with Crippen LogP contribution in [0.2, 0.25) is 9.36 Å². The maximum Gasteiger partial charge on any atom is 0.306 e. The molecule has 2 heterocycles. The molecule has 0 bridgehead atoms. The van der Waals surface area contributed by atoms with E-state index in [0.717, 1.165) is 10.6 Å². The highest BCUT2D eigenvalue weighted by atomic mass is 35.5. The first-order valence-corrected chi connectivity index (χ1v) is 10.1. The van der Waals surface area contributed by atoms with Crippen LogP contribution in [0.15, 0.2) is 41.8 Å². The van der Waals surface area contributed by atoms with Gasteiger partial charge in [0.25, 0.3) is 0 Å². The van der Waals surface area contributed by atoms with Crippen molar-refractivity contribution in [3.63, 3.8) is 0 Å². The molecule has 1 aromatic carbocycles. The monoisotopic (exact) mass is 425 g/mol. The number of hydrogen-bond acceptors (Lipinski definition) is 6. The van der Waals surface area contributed by atoms with Crippen molar-refractivity contribution in [2.24, 2.45) is 0 Å². The van der Waals surface area contributed by atoms with Crippen LogP contribution in [-0.4, -0.2) is 16.7 Å². The standard InChI is InChI=1S/C18H13Cl2NO3S2/c19-13-4-2-1-3-12(13)18-21-11(10-25-18)9-24-17(23)8-5-14(22)15-6-7-16(20)26-15/h1-4,6-7,10H,5,8-9H2. The lowest BCUT2D eigenvalue weighted by Crippen LogP contribution is -2.07. The van der Waals surface area contributed by atoms with Gasteiger partial charge in [-0.05, 0) is 18.2 Å². The van der Waals surface area contributed by atoms with Gasteiger partial charge in [0.1, 0.15) is 11.6 Å². The number of thiophene rings is 1. The third-order valence-corrected chi connectivity index (χ3v) is 5.97. The van der Waals surface area contributed by atoms with Gasteiger partial charge in [-0.15, -0.1) is 22.7 Å². The smallest absolute Gasteiger partial charge is 0.306 e. The summed E-state index contributed by atoms with van der Waals surface area (Å²) in [5.74, 6) is -0.554. The Morgan fingerprint density at radius 3 is 2.62 bits per heavy atom. The molecule has 0 fully saturated rings. The second-order valence-electron chi connectivity index (χ2n) is 5.31. The topological polar surface area (TPSA) is 56.3 Å². The van der Waals surface area contributed by atoms with Crippen LogP contribution in [-0.2, 0) is 16.1 Å². The second kappa shape index (κ2) is 8.77. The highest BCUT2D eigenvalue weighted by molar-refractivity contribution is 7.18. The predicted octanol–water partition coefficient (Wildman–Crippen LogP) is 5.88. The Hall–Kier alpha value is -1.73. The van der Waals surface area contributed by atoms with Crippen LogP contribution in [0.4, 0.5) is 0 Å². The Kier molecular flexibility index (Phi) is 6.43. The summed E-state index contributed by atoms with van der Waals surface area (Å²) in [6.07, 6.45) is 0.119. The largest absolute Gasteiger partial charge is 0.459 e. The molecule has 0 aliphatic rings. The number of thiazole rings is 1. The van der Waals surface area contributed by atoms with E-state index in [9.17, 15) is 9.59 Å². The van der Waals surface area contributed by atoms with Gasteiger partial charge in [-0.3, -0.25) is 9.59 Å². The van der Waals surface area contributed by atoms with Crippen LogP contribution in [0.5, 0.6) is 0 Å². The highest BCUT2D eigenvalue weighted by Crippen LogP contribution is 2.30. The summed E-state index contributed by atoms with van der Waals surface area (Å²) in [5, 5.41) is 3.22. The maximum absolute atomic E-state index is 11.9. The molecule has 0 atom stereocenters. The summed E-state index contributed by atoms with van der Waals surface area (Å²) in [6, 6.07) is 10.8. The molecule has 0 saturated heterocycles. The molecule has 0 spiro atoms. The molecule has 0 radical (unpaired) electrons. The van der Waals surface area contributed by atoms with E-state index >= 15 is 0 Å². The number of hydrogen-bond donors (Lipinski definition) is 0. The zero-order valence-electron chi connectivity index (χ0n) is 13.4. The average molecular weight is 426 g/mol. The lowest BCUT2D eigenvalue weighted by atomic mass is 10.2. The zero-order valence-corrected chi connectivity index (χ0v) is 16.6. The van der Waals surface area contributed by atoms with Gasteiger partial charge in [-0.1, -0.05) is 41.4 Å². The number of ketones is 1. The van der Waals surface area contributed by atoms with Crippen molar-refractivity contribution < 1.29 is 14.3 Å². The number of rotatable bonds is 7. The van der Waals surface area contributed by atoms with E-state index in [0.29, 0.717) is 19.9 Å². The summed E-state index contributed by atoms with van der Waals surface area (Å²) in [6.45, 7) is 0.0683. The third kappa shape index (κ3) is 4.92. The molecule has 134 valence electrons. The maximum atomic E-state index is 11.9. The van der Waals surface area contributed by atoms with E-state index in [1.165, 1.54) is 22.7 Å². The fraction of sp³-hybridized carbons (Fsp3) is 0.167. The van der Waals surface area contributed by atoms with Gasteiger partial charge < -0.3 is 4.74 Å². The minimum absolute atomic E-state index is 0.0237. The summed E-state index contributed by atoms with van der Waals surface area (Å²) in [5.41, 5.74) is 1.49. The van der Waals surface area contributed by atoms with Gasteiger partial charge in [-0.25, -0.2) is 4.98 Å². The molecule has 26 heavy (non-hydrogen) atoms. The zero-order chi connectivity index (χ0) is 18.5. The van der Waals surface area contributed by atoms with Crippen molar-refractivity contribution in [3.8, 4) is 10.6 Å². The Morgan fingerprint density at radius 2 is 1.88 bits per heavy atom. The normalized spacial score (nSPS) is 10.7. The number of aromatic nitrogens is 1. The van der Waals surface area contributed by atoms with Crippen LogP contribution < -0.4 is 0 Å². The molecule has 0 aliphatic carbocycles. The average Bonchev–Trinajstić information content (AvgIpc) is 3.27. The van der Waals surface area contributed by atoms with Crippen LogP contribution in [0.3, 0.4) is 0 Å². The summed E-state index contributed by atoms with van der Waals surface area (Å²) in [7, 11) is 0. The van der Waals surface area contributed by atoms with Crippen LogP contribution in [0.1, 0.15) is 28.2 Å². The van der Waals surface area contributed by atoms with Crippen molar-refractivity contribution in [3.05, 3.63) is 61.7 Å². The number of Topliss-reactive ketones (excluding diaryl/α,β-unsaturated/α-hetero) is 1. The molecule has 0 amide bonds. The molecule has 8 heteroatoms. The molecule has 0 aliphatic heterocycles. The van der Waals surface area contributed by atoms with Gasteiger partial charge in [-0.2, -0.15) is 0 Å². The molecule has 3 aromatic rings. The highest BCUT2D eigenvalue weighted by Gasteiger charge is 2.13. The minimum atomic E-state index is -0.437. The molecule has 3 rings (SSSR count). The molecule has 2 aromatic heterocycles. The molecule has 0 N–H and O–H groups in total. The molecular formula is C18H13Cl2NO3S2. The first-order chi connectivity index (χ1) is 12.5. The molecule has 0 unspecified atom stereocenters. The first kappa shape index (κ1) is 19.0. The van der Waals surface area contributed by atoms with E-state index in [1.807, 2.05) is 23.6 Å². The quantitative estimate of drug-likeness (QED) is 0.350. The Balaban J connectivity index is 1.49. The fourth-order valence-corrected chi connectivity index (χ4v) is 4.30. The minimum Gasteiger partial charge on any atom is -0.459 e. The lowest BCUT2D eigenvalue weighted by molar-refractivity contribution is -0.145. The number of halogens is 2. The van der Waals surface area contributed by atoms with Gasteiger partial charge in [0.2, 0.25) is 0 Å². The van der Waals surface area contributed by atoms with E-state index in [2.05, 4.69) is 4.98 Å². The third-order valence-electron chi connectivity index (χ3n) is 3.44. The van der Waals surface area contributed by atoms with Crippen molar-refractivity contribution in [1.29, 1.82) is 0 Å². The van der Waals surface area contributed by atoms with Gasteiger partial charge in [0, 0.05) is 17.4 Å². The van der Waals surface area contributed by atoms with E-state index in [-0.39, 0.29) is 25.2 Å². The number of ether oxygens (including phenoxy) is 1. The summed E-state index contributed by atoms with van der Waals surface area (Å²) in [4.78, 5) is 28.8. The number of benzene rings is 1. The number of carbonyl (C=O) groups excluding carboxylic acids is 2. The van der Waals surface area contributed by atoms with Crippen LogP contribution in [0, 0.1) is 0 Å². The summed E-state index contributed by atoms with van der Waals surface area (Å²) >= 11 is 14.6. The van der Waals surface area contributed by atoms with Gasteiger partial charge in [0.15, 0.2) is 5.78 Å². The van der Waals surface area contributed by atoms with Crippen LogP contribution >= 0.6 is 45.9 Å². The van der Waals surface area contributed by atoms with Crippen molar-refractivity contribution in [2.75, 3.05) is 0 Å².